The van der Waals surface area contributed by atoms with Crippen LogP contribution in [0.3, 0.4) is 0 Å². The Morgan fingerprint density at radius 2 is 1.63 bits per heavy atom. The number of anilines is 2. The summed E-state index contributed by atoms with van der Waals surface area (Å²) in [6.07, 6.45) is -0.646. The van der Waals surface area contributed by atoms with E-state index in [9.17, 15) is 32.3 Å². The molecule has 3 saturated heterocycles. The highest BCUT2D eigenvalue weighted by Crippen LogP contribution is 2.38. The first-order valence-electron chi connectivity index (χ1n) is 20.9. The van der Waals surface area contributed by atoms with E-state index in [1.54, 1.807) is 9.80 Å². The molecule has 4 aliphatic rings. The molecule has 3 N–H and O–H groups in total. The van der Waals surface area contributed by atoms with Gasteiger partial charge in [-0.3, -0.25) is 14.5 Å². The van der Waals surface area contributed by atoms with Crippen LogP contribution in [0, 0.1) is 0 Å². The number of hydrogen-bond acceptors (Lipinski definition) is 9. The average molecular weight is 848 g/mol. The van der Waals surface area contributed by atoms with Crippen molar-refractivity contribution in [3.05, 3.63) is 58.1 Å². The van der Waals surface area contributed by atoms with Gasteiger partial charge in [0.05, 0.1) is 22.9 Å². The number of piperidine rings is 2. The molecule has 324 valence electrons. The topological polar surface area (TPSA) is 141 Å². The molecule has 0 spiro atoms. The molecular weight excluding hydrogens is 791 g/mol. The number of amides is 4. The van der Waals surface area contributed by atoms with Crippen molar-refractivity contribution in [2.45, 2.75) is 102 Å². The fourth-order valence-corrected chi connectivity index (χ4v) is 8.96. The van der Waals surface area contributed by atoms with Crippen molar-refractivity contribution in [2.75, 3.05) is 77.1 Å². The van der Waals surface area contributed by atoms with Gasteiger partial charge in [0, 0.05) is 76.5 Å². The molecule has 0 saturated carbocycles. The molecule has 0 radical (unpaired) electrons. The molecule has 0 aromatic heterocycles. The summed E-state index contributed by atoms with van der Waals surface area (Å²) in [5.41, 5.74) is 5.80. The Labute approximate surface area is 349 Å². The SMILES string of the molecule is CCCCCCOC(=O)[C@@H]1CN(C)CCN1C1CCN(C(=O)[C@@H](Cc2cc(Cl)c(N)c(C(F)(F)F)c2)OC(=O)N2CCC(N3CCc4ccccc4NC3=O)CC2)CC1. The van der Waals surface area contributed by atoms with Gasteiger partial charge in [-0.15, -0.1) is 0 Å². The summed E-state index contributed by atoms with van der Waals surface area (Å²) < 4.78 is 53.5. The van der Waals surface area contributed by atoms with Gasteiger partial charge in [-0.05, 0) is 74.9 Å². The summed E-state index contributed by atoms with van der Waals surface area (Å²) >= 11 is 6.16. The number of piperazine rings is 1. The highest BCUT2D eigenvalue weighted by Gasteiger charge is 2.41. The number of urea groups is 1. The van der Waals surface area contributed by atoms with Crippen LogP contribution in [0.25, 0.3) is 0 Å². The number of likely N-dealkylation sites (N-methyl/N-ethyl adjacent to an activating group) is 1. The van der Waals surface area contributed by atoms with Crippen LogP contribution in [0.5, 0.6) is 0 Å². The molecular formula is C42H57ClF3N7O6. The van der Waals surface area contributed by atoms with Crippen LogP contribution in [-0.4, -0.2) is 139 Å². The summed E-state index contributed by atoms with van der Waals surface area (Å²) in [6, 6.07) is 9.00. The third-order valence-corrected chi connectivity index (χ3v) is 12.4. The van der Waals surface area contributed by atoms with Crippen molar-refractivity contribution in [2.24, 2.45) is 0 Å². The van der Waals surface area contributed by atoms with Gasteiger partial charge in [-0.25, -0.2) is 9.59 Å². The van der Waals surface area contributed by atoms with Crippen LogP contribution in [0.4, 0.5) is 34.1 Å². The Bertz CT molecular complexity index is 1800. The quantitative estimate of drug-likeness (QED) is 0.144. The molecule has 59 heavy (non-hydrogen) atoms. The number of alkyl halides is 3. The molecule has 2 aromatic carbocycles. The van der Waals surface area contributed by atoms with E-state index in [0.717, 1.165) is 49.5 Å². The highest BCUT2D eigenvalue weighted by atomic mass is 35.5. The number of esters is 1. The standard InChI is InChI=1S/C42H57ClF3N7O6/c1-3-4-5-8-23-58-39(55)35-27-49(2)21-22-52(35)30-12-16-50(17-13-30)38(54)36(26-28-24-32(42(44,45)46)37(47)33(43)25-28)59-41(57)51-18-14-31(15-19-51)53-20-11-29-9-6-7-10-34(29)48-40(53)56/h6-7,9-10,24-25,30-31,35-36H,3-5,8,11-23,26-27,47H2,1-2H3,(H,48,56)/t35-,36+/m0/s1. The number of fused-ring (bicyclic) bond motifs is 1. The molecule has 4 amide bonds. The predicted molar refractivity (Wildman–Crippen MR) is 218 cm³/mol. The summed E-state index contributed by atoms with van der Waals surface area (Å²) in [4.78, 5) is 63.6. The van der Waals surface area contributed by atoms with Gasteiger partial charge in [-0.1, -0.05) is 56.0 Å². The van der Waals surface area contributed by atoms with E-state index < -0.39 is 41.6 Å². The van der Waals surface area contributed by atoms with Crippen LogP contribution in [-0.2, 0) is 38.1 Å². The van der Waals surface area contributed by atoms with Gasteiger partial charge in [0.2, 0.25) is 0 Å². The summed E-state index contributed by atoms with van der Waals surface area (Å²) in [5, 5.41) is 2.66. The number of unbranched alkanes of at least 4 members (excludes halogenated alkanes) is 3. The molecule has 2 atom stereocenters. The smallest absolute Gasteiger partial charge is 0.418 e. The first-order valence-corrected chi connectivity index (χ1v) is 21.3. The first kappa shape index (κ1) is 44.3. The Morgan fingerprint density at radius 3 is 2.34 bits per heavy atom. The first-order chi connectivity index (χ1) is 28.2. The van der Waals surface area contributed by atoms with E-state index in [4.69, 9.17) is 26.8 Å². The number of benzene rings is 2. The molecule has 0 bridgehead atoms. The number of nitrogens with one attached hydrogen (secondary N) is 1. The number of halogens is 4. The van der Waals surface area contributed by atoms with Gasteiger partial charge in [0.25, 0.3) is 5.91 Å². The van der Waals surface area contributed by atoms with E-state index in [0.29, 0.717) is 71.4 Å². The van der Waals surface area contributed by atoms with Crippen LogP contribution in [0.1, 0.15) is 75.0 Å². The second-order valence-electron chi connectivity index (χ2n) is 16.2. The van der Waals surface area contributed by atoms with E-state index >= 15 is 0 Å². The van der Waals surface area contributed by atoms with Crippen LogP contribution in [0.15, 0.2) is 36.4 Å². The summed E-state index contributed by atoms with van der Waals surface area (Å²) in [5.74, 6) is -0.779. The maximum absolute atomic E-state index is 14.3. The average Bonchev–Trinajstić information content (AvgIpc) is 3.39. The lowest BCUT2D eigenvalue weighted by Crippen LogP contribution is -2.61. The minimum atomic E-state index is -4.80. The van der Waals surface area contributed by atoms with Crippen molar-refractivity contribution < 1.29 is 41.8 Å². The number of ether oxygens (including phenoxy) is 2. The van der Waals surface area contributed by atoms with Crippen molar-refractivity contribution in [3.63, 3.8) is 0 Å². The van der Waals surface area contributed by atoms with Gasteiger partial charge in [0.1, 0.15) is 6.04 Å². The van der Waals surface area contributed by atoms with Crippen molar-refractivity contribution in [1.82, 2.24) is 24.5 Å². The predicted octanol–water partition coefficient (Wildman–Crippen LogP) is 6.27. The van der Waals surface area contributed by atoms with Crippen LogP contribution in [0.2, 0.25) is 5.02 Å². The lowest BCUT2D eigenvalue weighted by Gasteiger charge is -2.45. The highest BCUT2D eigenvalue weighted by molar-refractivity contribution is 6.33. The molecule has 4 heterocycles. The Balaban J connectivity index is 1.11. The lowest BCUT2D eigenvalue weighted by molar-refractivity contribution is -0.155. The molecule has 0 unspecified atom stereocenters. The minimum Gasteiger partial charge on any atom is -0.464 e. The van der Waals surface area contributed by atoms with E-state index in [1.807, 2.05) is 31.3 Å². The fourth-order valence-electron chi connectivity index (χ4n) is 8.71. The maximum atomic E-state index is 14.3. The molecule has 4 aliphatic heterocycles. The third-order valence-electron chi connectivity index (χ3n) is 12.1. The second-order valence-corrected chi connectivity index (χ2v) is 16.6. The van der Waals surface area contributed by atoms with Gasteiger partial charge < -0.3 is 40.1 Å². The molecule has 2 aromatic rings. The zero-order valence-corrected chi connectivity index (χ0v) is 34.7. The normalized spacial score (nSPS) is 20.7. The number of hydrogen-bond donors (Lipinski definition) is 2. The Morgan fingerprint density at radius 1 is 0.932 bits per heavy atom. The Kier molecular flexibility index (Phi) is 14.9. The number of nitrogen functional groups attached to an aromatic ring is 1. The van der Waals surface area contributed by atoms with Crippen molar-refractivity contribution >= 4 is 47.0 Å². The Hall–Kier alpha value is -4.28. The van der Waals surface area contributed by atoms with Crippen LogP contribution >= 0.6 is 11.6 Å². The number of nitrogens with zero attached hydrogens (tertiary/aromatic N) is 5. The van der Waals surface area contributed by atoms with E-state index in [2.05, 4.69) is 22.0 Å². The van der Waals surface area contributed by atoms with E-state index in [1.165, 1.54) is 11.0 Å². The number of carbonyl (C=O) groups is 4. The summed E-state index contributed by atoms with van der Waals surface area (Å²) in [7, 11) is 1.98. The van der Waals surface area contributed by atoms with Gasteiger partial charge >= 0.3 is 24.3 Å². The largest absolute Gasteiger partial charge is 0.464 e. The number of likely N-dealkylation sites (tertiary alicyclic amines) is 2. The molecule has 13 nitrogen and oxygen atoms in total. The van der Waals surface area contributed by atoms with Gasteiger partial charge in [-0.2, -0.15) is 13.2 Å². The third kappa shape index (κ3) is 11.1. The summed E-state index contributed by atoms with van der Waals surface area (Å²) in [6.45, 7) is 6.11. The van der Waals surface area contributed by atoms with Gasteiger partial charge in [0.15, 0.2) is 6.10 Å². The minimum absolute atomic E-state index is 0.00149. The second kappa shape index (κ2) is 19.9. The number of nitrogens with two attached hydrogens (primary N) is 1. The monoisotopic (exact) mass is 847 g/mol. The zero-order valence-electron chi connectivity index (χ0n) is 34.0. The number of carbonyl (C=O) groups excluding carboxylic acids is 4. The molecule has 17 heteroatoms. The zero-order chi connectivity index (χ0) is 42.3. The van der Waals surface area contributed by atoms with E-state index in [-0.39, 0.29) is 54.2 Å². The van der Waals surface area contributed by atoms with Crippen molar-refractivity contribution in [3.8, 4) is 0 Å². The number of para-hydroxylation sites is 1. The molecule has 3 fully saturated rings. The number of rotatable bonds is 12. The molecule has 0 aliphatic carbocycles. The lowest BCUT2D eigenvalue weighted by atomic mass is 9.97. The maximum Gasteiger partial charge on any atom is 0.418 e. The fraction of sp³-hybridized carbons (Fsp3) is 0.619. The van der Waals surface area contributed by atoms with Crippen molar-refractivity contribution in [1.29, 1.82) is 0 Å². The van der Waals surface area contributed by atoms with Crippen LogP contribution < -0.4 is 11.1 Å². The molecule has 6 rings (SSSR count).